The maximum absolute atomic E-state index is 10.7. The molecule has 10 heteroatoms. The molecule has 1 rings (SSSR count). The number of halogens is 1. The van der Waals surface area contributed by atoms with Gasteiger partial charge in [-0.2, -0.15) is 0 Å². The second kappa shape index (κ2) is 7.66. The molecule has 2 N–H and O–H groups in total. The summed E-state index contributed by atoms with van der Waals surface area (Å²) >= 11 is -4.09. The standard InChI is InChI=1S/C7H4INO6.Na.H2O/c10-7(11)5-2-1-4(9(14)15)3-6(5)8(12)13;;/h1-3H,(H,10,11);;1H2/q;+1;/p-1. The van der Waals surface area contributed by atoms with Gasteiger partial charge in [-0.15, -0.1) is 0 Å². The molecule has 88 valence electrons. The van der Waals surface area contributed by atoms with E-state index in [9.17, 15) is 26.2 Å². The van der Waals surface area contributed by atoms with Gasteiger partial charge in [-0.25, -0.2) is 6.14 Å². The second-order valence-electron chi connectivity index (χ2n) is 2.43. The normalized spacial score (nSPS) is 9.00. The predicted octanol–water partition coefficient (Wildman–Crippen LogP) is -3.50. The summed E-state index contributed by atoms with van der Waals surface area (Å²) in [6, 6.07) is 2.48. The van der Waals surface area contributed by atoms with Crippen LogP contribution in [0.4, 0.5) is 5.69 Å². The molecule has 17 heavy (non-hydrogen) atoms. The van der Waals surface area contributed by atoms with E-state index in [1.54, 1.807) is 0 Å². The average molecular weight is 365 g/mol. The predicted molar refractivity (Wildman–Crippen MR) is 55.1 cm³/mol. The van der Waals surface area contributed by atoms with Crippen LogP contribution in [0.2, 0.25) is 0 Å². The number of nitrogens with zero attached hydrogens (tertiary/aromatic N) is 1. The average Bonchev–Trinajstić information content (AvgIpc) is 2.16. The van der Waals surface area contributed by atoms with Gasteiger partial charge in [0.25, 0.3) is 5.69 Å². The van der Waals surface area contributed by atoms with Crippen molar-refractivity contribution in [1.29, 1.82) is 0 Å². The Bertz CT molecular complexity index is 505. The number of carbonyl (C=O) groups excluding carboxylic acids is 1. The molecule has 0 saturated carbocycles. The summed E-state index contributed by atoms with van der Waals surface area (Å²) in [4.78, 5) is 20.0. The van der Waals surface area contributed by atoms with Gasteiger partial charge in [0.05, 0.1) is 14.5 Å². The SMILES string of the molecule is O.O=C([O-])c1ccc([N+](=O)[O-])cc1I(=O)=O.[Na+]. The molecule has 0 aliphatic rings. The molecule has 0 radical (unpaired) electrons. The minimum atomic E-state index is -4.09. The number of nitro groups is 1. The van der Waals surface area contributed by atoms with Crippen molar-refractivity contribution in [3.05, 3.63) is 37.4 Å². The molecule has 0 aliphatic heterocycles. The van der Waals surface area contributed by atoms with Crippen LogP contribution in [-0.2, 0) is 6.14 Å². The molecular formula is C7H5INNaO7. The van der Waals surface area contributed by atoms with Crippen molar-refractivity contribution >= 4 is 31.4 Å². The summed E-state index contributed by atoms with van der Waals surface area (Å²) in [6.07, 6.45) is 0. The third kappa shape index (κ3) is 4.63. The second-order valence-corrected chi connectivity index (χ2v) is 4.83. The van der Waals surface area contributed by atoms with Gasteiger partial charge in [0.1, 0.15) is 0 Å². The van der Waals surface area contributed by atoms with E-state index in [2.05, 4.69) is 0 Å². The van der Waals surface area contributed by atoms with Crippen LogP contribution >= 0.6 is 19.8 Å². The maximum atomic E-state index is 10.7. The van der Waals surface area contributed by atoms with E-state index in [0.29, 0.717) is 0 Å². The Kier molecular flexibility index (Phi) is 8.44. The van der Waals surface area contributed by atoms with Crippen molar-refractivity contribution in [2.45, 2.75) is 0 Å². The summed E-state index contributed by atoms with van der Waals surface area (Å²) < 4.78 is 20.9. The fraction of sp³-hybridized carbons (Fsp3) is 0. The summed E-state index contributed by atoms with van der Waals surface area (Å²) in [6.45, 7) is 0. The molecule has 0 aromatic heterocycles. The molecule has 0 heterocycles. The van der Waals surface area contributed by atoms with Gasteiger partial charge in [0.2, 0.25) is 0 Å². The van der Waals surface area contributed by atoms with Crippen molar-refractivity contribution in [3.63, 3.8) is 0 Å². The zero-order valence-corrected chi connectivity index (χ0v) is 12.7. The zero-order valence-electron chi connectivity index (χ0n) is 8.51. The van der Waals surface area contributed by atoms with Gasteiger partial charge in [-0.1, -0.05) is 0 Å². The molecule has 0 bridgehead atoms. The number of non-ortho nitro benzene ring substituents is 1. The van der Waals surface area contributed by atoms with Crippen LogP contribution in [0.3, 0.4) is 0 Å². The van der Waals surface area contributed by atoms with E-state index in [1.165, 1.54) is 0 Å². The molecule has 1 aromatic rings. The van der Waals surface area contributed by atoms with Crippen molar-refractivity contribution in [2.24, 2.45) is 0 Å². The number of benzene rings is 1. The fourth-order valence-electron chi connectivity index (χ4n) is 0.911. The third-order valence-electron chi connectivity index (χ3n) is 1.55. The Labute approximate surface area is 124 Å². The first-order chi connectivity index (χ1) is 6.93. The zero-order chi connectivity index (χ0) is 11.6. The molecule has 0 aliphatic carbocycles. The van der Waals surface area contributed by atoms with Gasteiger partial charge in [-0.05, 0) is 6.07 Å². The van der Waals surface area contributed by atoms with Gasteiger partial charge < -0.3 is 15.4 Å². The number of aromatic carboxylic acids is 1. The molecule has 1 aromatic carbocycles. The maximum Gasteiger partial charge on any atom is 1.00 e. The van der Waals surface area contributed by atoms with Gasteiger partial charge >= 0.3 is 49.4 Å². The molecule has 0 saturated heterocycles. The van der Waals surface area contributed by atoms with Crippen LogP contribution in [0.1, 0.15) is 10.4 Å². The molecular weight excluding hydrogens is 360 g/mol. The summed E-state index contributed by atoms with van der Waals surface area (Å²) in [5.41, 5.74) is -1.01. The first-order valence-electron chi connectivity index (χ1n) is 3.48. The molecule has 0 amide bonds. The first-order valence-corrected chi connectivity index (χ1v) is 6.32. The summed E-state index contributed by atoms with van der Waals surface area (Å²) in [5, 5.41) is 20.8. The Balaban J connectivity index is 0. The first kappa shape index (κ1) is 18.7. The minimum absolute atomic E-state index is 0. The summed E-state index contributed by atoms with van der Waals surface area (Å²) in [5.74, 6) is -1.67. The Morgan fingerprint density at radius 2 is 1.82 bits per heavy atom. The number of carboxylic acids is 1. The van der Waals surface area contributed by atoms with Crippen molar-refractivity contribution in [1.82, 2.24) is 0 Å². The van der Waals surface area contributed by atoms with E-state index in [1.807, 2.05) is 0 Å². The Morgan fingerprint density at radius 1 is 1.29 bits per heavy atom. The molecule has 0 spiro atoms. The van der Waals surface area contributed by atoms with E-state index < -0.39 is 45.5 Å². The van der Waals surface area contributed by atoms with Crippen LogP contribution in [0.25, 0.3) is 0 Å². The van der Waals surface area contributed by atoms with E-state index in [0.717, 1.165) is 18.2 Å². The third-order valence-corrected chi connectivity index (χ3v) is 3.39. The number of nitro benzene ring substituents is 1. The summed E-state index contributed by atoms with van der Waals surface area (Å²) in [7, 11) is 0. The molecule has 8 nitrogen and oxygen atoms in total. The minimum Gasteiger partial charge on any atom is -0.545 e. The van der Waals surface area contributed by atoms with Crippen LogP contribution in [0.5, 0.6) is 0 Å². The van der Waals surface area contributed by atoms with Crippen LogP contribution < -0.4 is 34.7 Å². The molecule has 0 unspecified atom stereocenters. The topological polar surface area (TPSA) is 149 Å². The fourth-order valence-corrected chi connectivity index (χ4v) is 2.36. The largest absolute Gasteiger partial charge is 1.00 e. The number of carboxylic acid groups (broad SMARTS) is 1. The van der Waals surface area contributed by atoms with Crippen LogP contribution in [0.15, 0.2) is 18.2 Å². The van der Waals surface area contributed by atoms with E-state index in [-0.39, 0.29) is 35.0 Å². The number of hydrogen-bond acceptors (Lipinski definition) is 6. The van der Waals surface area contributed by atoms with E-state index >= 15 is 0 Å². The van der Waals surface area contributed by atoms with Gasteiger partial charge in [-0.3, -0.25) is 10.1 Å². The van der Waals surface area contributed by atoms with Gasteiger partial charge in [0, 0.05) is 17.7 Å². The molecule has 0 atom stereocenters. The number of rotatable bonds is 3. The Morgan fingerprint density at radius 3 is 2.18 bits per heavy atom. The van der Waals surface area contributed by atoms with Gasteiger partial charge in [0.15, 0.2) is 0 Å². The van der Waals surface area contributed by atoms with E-state index in [4.69, 9.17) is 0 Å². The van der Waals surface area contributed by atoms with Crippen molar-refractivity contribution in [3.8, 4) is 0 Å². The number of carbonyl (C=O) groups is 1. The quantitative estimate of drug-likeness (QED) is 0.235. The van der Waals surface area contributed by atoms with Crippen LogP contribution in [-0.4, -0.2) is 16.4 Å². The monoisotopic (exact) mass is 365 g/mol. The smallest absolute Gasteiger partial charge is 0.545 e. The van der Waals surface area contributed by atoms with Crippen molar-refractivity contribution in [2.75, 3.05) is 0 Å². The Hall–Kier alpha value is -0.620. The van der Waals surface area contributed by atoms with Crippen molar-refractivity contribution < 1.29 is 56.0 Å². The molecule has 0 fully saturated rings. The van der Waals surface area contributed by atoms with Crippen LogP contribution in [0, 0.1) is 13.7 Å². The number of hydrogen-bond donors (Lipinski definition) is 0.